The smallest absolute Gasteiger partial charge is 0.253 e. The molecular formula is C24H28N4O3S. The second kappa shape index (κ2) is 10.9. The SMILES string of the molecule is COc1ccc(-c2cccc(C(=O)N(C)C)c2)cc1[S+]([O-])Nc1cccc(NCCN)c1. The highest BCUT2D eigenvalue weighted by Gasteiger charge is 2.20. The monoisotopic (exact) mass is 452 g/mol. The van der Waals surface area contributed by atoms with Crippen LogP contribution in [0.1, 0.15) is 10.4 Å². The maximum absolute atomic E-state index is 13.2. The van der Waals surface area contributed by atoms with Crippen LogP contribution in [0.3, 0.4) is 0 Å². The minimum Gasteiger partial charge on any atom is -0.588 e. The molecule has 0 aliphatic rings. The first-order valence-electron chi connectivity index (χ1n) is 10.2. The van der Waals surface area contributed by atoms with Crippen molar-refractivity contribution in [1.29, 1.82) is 0 Å². The van der Waals surface area contributed by atoms with Gasteiger partial charge >= 0.3 is 0 Å². The van der Waals surface area contributed by atoms with E-state index in [0.717, 1.165) is 16.8 Å². The van der Waals surface area contributed by atoms with Crippen molar-refractivity contribution in [3.05, 3.63) is 72.3 Å². The Balaban J connectivity index is 1.88. The van der Waals surface area contributed by atoms with E-state index in [4.69, 9.17) is 10.5 Å². The number of nitrogens with two attached hydrogens (primary N) is 1. The normalized spacial score (nSPS) is 11.5. The van der Waals surface area contributed by atoms with Crippen LogP contribution < -0.4 is 20.5 Å². The first-order valence-corrected chi connectivity index (χ1v) is 11.3. The van der Waals surface area contributed by atoms with E-state index in [1.54, 1.807) is 33.3 Å². The molecule has 8 heteroatoms. The van der Waals surface area contributed by atoms with Crippen LogP contribution in [-0.2, 0) is 11.4 Å². The fourth-order valence-electron chi connectivity index (χ4n) is 3.16. The molecule has 3 aromatic rings. The van der Waals surface area contributed by atoms with Crippen LogP contribution in [0.25, 0.3) is 11.1 Å². The largest absolute Gasteiger partial charge is 0.588 e. The molecule has 0 aromatic heterocycles. The molecule has 4 N–H and O–H groups in total. The summed E-state index contributed by atoms with van der Waals surface area (Å²) in [6, 6.07) is 20.4. The lowest BCUT2D eigenvalue weighted by atomic mass is 10.0. The molecule has 0 saturated heterocycles. The number of carbonyl (C=O) groups excluding carboxylic acids is 1. The molecule has 0 bridgehead atoms. The zero-order valence-corrected chi connectivity index (χ0v) is 19.2. The maximum atomic E-state index is 13.2. The van der Waals surface area contributed by atoms with Gasteiger partial charge in [-0.05, 0) is 47.5 Å². The number of hydrogen-bond donors (Lipinski definition) is 3. The van der Waals surface area contributed by atoms with Crippen molar-refractivity contribution in [3.63, 3.8) is 0 Å². The fourth-order valence-corrected chi connectivity index (χ4v) is 4.18. The van der Waals surface area contributed by atoms with Gasteiger partial charge in [-0.15, -0.1) is 0 Å². The Bertz CT molecular complexity index is 1070. The van der Waals surface area contributed by atoms with Crippen LogP contribution in [-0.4, -0.2) is 49.7 Å². The quantitative estimate of drug-likeness (QED) is 0.429. The van der Waals surface area contributed by atoms with E-state index in [1.165, 1.54) is 4.90 Å². The lowest BCUT2D eigenvalue weighted by Gasteiger charge is -2.16. The van der Waals surface area contributed by atoms with Crippen molar-refractivity contribution in [2.24, 2.45) is 5.73 Å². The number of methoxy groups -OCH3 is 1. The topological polar surface area (TPSA) is 103 Å². The van der Waals surface area contributed by atoms with Crippen molar-refractivity contribution in [1.82, 2.24) is 4.90 Å². The molecule has 0 aliphatic carbocycles. The Morgan fingerprint density at radius 3 is 2.47 bits per heavy atom. The van der Waals surface area contributed by atoms with Gasteiger partial charge in [-0.3, -0.25) is 4.79 Å². The van der Waals surface area contributed by atoms with Crippen molar-refractivity contribution < 1.29 is 14.1 Å². The van der Waals surface area contributed by atoms with Gasteiger partial charge in [0.2, 0.25) is 4.90 Å². The Labute approximate surface area is 191 Å². The maximum Gasteiger partial charge on any atom is 0.253 e. The van der Waals surface area contributed by atoms with E-state index in [9.17, 15) is 9.35 Å². The Hall–Kier alpha value is -3.20. The molecule has 3 aromatic carbocycles. The van der Waals surface area contributed by atoms with Gasteiger partial charge in [-0.2, -0.15) is 0 Å². The highest BCUT2D eigenvalue weighted by atomic mass is 32.2. The van der Waals surface area contributed by atoms with Gasteiger partial charge < -0.3 is 25.2 Å². The van der Waals surface area contributed by atoms with Gasteiger partial charge in [0.05, 0.1) is 12.8 Å². The molecule has 0 radical (unpaired) electrons. The number of rotatable bonds is 9. The summed E-state index contributed by atoms with van der Waals surface area (Å²) in [7, 11) is 4.98. The molecule has 168 valence electrons. The number of nitrogens with zero attached hydrogens (tertiary/aromatic N) is 1. The summed E-state index contributed by atoms with van der Waals surface area (Å²) in [6.45, 7) is 1.17. The molecule has 0 spiro atoms. The number of ether oxygens (including phenoxy) is 1. The predicted octanol–water partition coefficient (Wildman–Crippen LogP) is 3.57. The molecule has 0 saturated carbocycles. The number of carbonyl (C=O) groups is 1. The van der Waals surface area contributed by atoms with Crippen LogP contribution in [0, 0.1) is 0 Å². The first kappa shape index (κ1) is 23.5. The molecule has 32 heavy (non-hydrogen) atoms. The number of hydrogen-bond acceptors (Lipinski definition) is 6. The van der Waals surface area contributed by atoms with E-state index in [0.29, 0.717) is 35.0 Å². The van der Waals surface area contributed by atoms with Crippen LogP contribution >= 0.6 is 0 Å². The summed E-state index contributed by atoms with van der Waals surface area (Å²) in [5.74, 6) is 0.437. The summed E-state index contributed by atoms with van der Waals surface area (Å²) in [5.41, 5.74) is 9.42. The predicted molar refractivity (Wildman–Crippen MR) is 130 cm³/mol. The van der Waals surface area contributed by atoms with E-state index < -0.39 is 11.4 Å². The molecule has 0 fully saturated rings. The van der Waals surface area contributed by atoms with Gasteiger partial charge in [-0.1, -0.05) is 24.3 Å². The van der Waals surface area contributed by atoms with E-state index >= 15 is 0 Å². The molecule has 1 unspecified atom stereocenters. The zero-order valence-electron chi connectivity index (χ0n) is 18.4. The lowest BCUT2D eigenvalue weighted by Crippen LogP contribution is -2.21. The Morgan fingerprint density at radius 2 is 1.75 bits per heavy atom. The molecular weight excluding hydrogens is 424 g/mol. The molecule has 3 rings (SSSR count). The van der Waals surface area contributed by atoms with Crippen LogP contribution in [0.4, 0.5) is 11.4 Å². The van der Waals surface area contributed by atoms with Gasteiger partial charge in [0.1, 0.15) is 11.4 Å². The minimum atomic E-state index is -1.57. The van der Waals surface area contributed by atoms with Crippen LogP contribution in [0.15, 0.2) is 71.6 Å². The summed E-state index contributed by atoms with van der Waals surface area (Å²) < 4.78 is 21.7. The second-order valence-corrected chi connectivity index (χ2v) is 8.49. The summed E-state index contributed by atoms with van der Waals surface area (Å²) in [4.78, 5) is 14.4. The highest BCUT2D eigenvalue weighted by Crippen LogP contribution is 2.32. The van der Waals surface area contributed by atoms with Gasteiger partial charge in [-0.25, -0.2) is 4.72 Å². The van der Waals surface area contributed by atoms with E-state index in [1.807, 2.05) is 54.6 Å². The molecule has 1 atom stereocenters. The third-order valence-corrected chi connectivity index (χ3v) is 5.90. The highest BCUT2D eigenvalue weighted by molar-refractivity contribution is 7.92. The molecule has 0 aliphatic heterocycles. The molecule has 7 nitrogen and oxygen atoms in total. The standard InChI is InChI=1S/C24H28N4O3S/c1-28(2)24(29)19-7-4-6-17(14-19)18-10-11-22(31-3)23(15-18)32(30)27-21-9-5-8-20(16-21)26-13-12-25/h4-11,14-16,26-27H,12-13,25H2,1-3H3. The Kier molecular flexibility index (Phi) is 7.99. The average molecular weight is 453 g/mol. The van der Waals surface area contributed by atoms with Crippen LogP contribution in [0.2, 0.25) is 0 Å². The molecule has 1 amide bonds. The van der Waals surface area contributed by atoms with Gasteiger partial charge in [0, 0.05) is 44.5 Å². The summed E-state index contributed by atoms with van der Waals surface area (Å²) in [6.07, 6.45) is 0. The second-order valence-electron chi connectivity index (χ2n) is 7.31. The van der Waals surface area contributed by atoms with Crippen molar-refractivity contribution in [3.8, 4) is 16.9 Å². The lowest BCUT2D eigenvalue weighted by molar-refractivity contribution is 0.0827. The summed E-state index contributed by atoms with van der Waals surface area (Å²) in [5, 5.41) is 3.20. The summed E-state index contributed by atoms with van der Waals surface area (Å²) >= 11 is -1.57. The molecule has 0 heterocycles. The van der Waals surface area contributed by atoms with Gasteiger partial charge in [0.15, 0.2) is 5.75 Å². The fraction of sp³-hybridized carbons (Fsp3) is 0.208. The third kappa shape index (κ3) is 5.73. The number of benzene rings is 3. The van der Waals surface area contributed by atoms with Crippen molar-refractivity contribution in [2.45, 2.75) is 4.90 Å². The zero-order chi connectivity index (χ0) is 23.1. The van der Waals surface area contributed by atoms with E-state index in [-0.39, 0.29) is 5.91 Å². The van der Waals surface area contributed by atoms with Crippen LogP contribution in [0.5, 0.6) is 5.75 Å². The van der Waals surface area contributed by atoms with Gasteiger partial charge in [0.25, 0.3) is 5.91 Å². The number of anilines is 2. The third-order valence-electron chi connectivity index (χ3n) is 4.76. The number of amides is 1. The van der Waals surface area contributed by atoms with Crippen molar-refractivity contribution >= 4 is 28.6 Å². The first-order chi connectivity index (χ1) is 15.4. The Morgan fingerprint density at radius 1 is 1.03 bits per heavy atom. The minimum absolute atomic E-state index is 0.0750. The average Bonchev–Trinajstić information content (AvgIpc) is 2.82. The number of nitrogens with one attached hydrogen (secondary N) is 2. The van der Waals surface area contributed by atoms with Crippen molar-refractivity contribution in [2.75, 3.05) is 44.3 Å². The van der Waals surface area contributed by atoms with E-state index in [2.05, 4.69) is 10.0 Å².